The molecule has 0 aliphatic rings. The Morgan fingerprint density at radius 3 is 2.80 bits per heavy atom. The number of thiazole rings is 1. The molecule has 0 N–H and O–H groups in total. The molecule has 1 aromatic heterocycles. The molecular formula is C10H5Cl2NOS. The third-order valence-corrected chi connectivity index (χ3v) is 3.27. The SMILES string of the molecule is O=C(c1cscn1)c1cccc(Cl)c1Cl. The number of nitrogens with zero attached hydrogens (tertiary/aromatic N) is 1. The quantitative estimate of drug-likeness (QED) is 0.769. The molecule has 76 valence electrons. The number of hydrogen-bond donors (Lipinski definition) is 0. The summed E-state index contributed by atoms with van der Waals surface area (Å²) < 4.78 is 0. The fourth-order valence-electron chi connectivity index (χ4n) is 1.14. The van der Waals surface area contributed by atoms with Crippen LogP contribution in [0.15, 0.2) is 29.1 Å². The van der Waals surface area contributed by atoms with Gasteiger partial charge in [-0.1, -0.05) is 29.3 Å². The lowest BCUT2D eigenvalue weighted by Crippen LogP contribution is -2.02. The molecule has 2 aromatic rings. The average molecular weight is 258 g/mol. The summed E-state index contributed by atoms with van der Waals surface area (Å²) in [6.07, 6.45) is 0. The molecule has 2 nitrogen and oxygen atoms in total. The summed E-state index contributed by atoms with van der Waals surface area (Å²) in [5.41, 5.74) is 2.38. The molecule has 0 amide bonds. The minimum absolute atomic E-state index is 0.205. The van der Waals surface area contributed by atoms with Crippen molar-refractivity contribution in [2.45, 2.75) is 0 Å². The first-order valence-corrected chi connectivity index (χ1v) is 5.77. The van der Waals surface area contributed by atoms with Crippen molar-refractivity contribution in [1.82, 2.24) is 4.98 Å². The maximum atomic E-state index is 11.9. The zero-order valence-corrected chi connectivity index (χ0v) is 9.73. The largest absolute Gasteiger partial charge is 0.287 e. The van der Waals surface area contributed by atoms with Crippen LogP contribution in [0.3, 0.4) is 0 Å². The Bertz CT molecular complexity index is 496. The number of carbonyl (C=O) groups excluding carboxylic acids is 1. The minimum atomic E-state index is -0.205. The van der Waals surface area contributed by atoms with Gasteiger partial charge in [0.15, 0.2) is 0 Å². The van der Waals surface area contributed by atoms with Gasteiger partial charge in [-0.15, -0.1) is 11.3 Å². The van der Waals surface area contributed by atoms with Crippen LogP contribution in [0, 0.1) is 0 Å². The van der Waals surface area contributed by atoms with Crippen LogP contribution >= 0.6 is 34.5 Å². The fourth-order valence-corrected chi connectivity index (χ4v) is 2.06. The van der Waals surface area contributed by atoms with E-state index in [0.29, 0.717) is 16.3 Å². The fraction of sp³-hybridized carbons (Fsp3) is 0. The van der Waals surface area contributed by atoms with Crippen molar-refractivity contribution in [2.75, 3.05) is 0 Å². The van der Waals surface area contributed by atoms with Crippen LogP contribution in [0.25, 0.3) is 0 Å². The van der Waals surface area contributed by atoms with Crippen LogP contribution < -0.4 is 0 Å². The first-order chi connectivity index (χ1) is 7.20. The van der Waals surface area contributed by atoms with Gasteiger partial charge in [0.05, 0.1) is 15.6 Å². The predicted molar refractivity (Wildman–Crippen MR) is 62.0 cm³/mol. The molecule has 1 aromatic carbocycles. The average Bonchev–Trinajstić information content (AvgIpc) is 2.74. The monoisotopic (exact) mass is 257 g/mol. The third kappa shape index (κ3) is 2.04. The maximum absolute atomic E-state index is 11.9. The number of benzene rings is 1. The van der Waals surface area contributed by atoms with Crippen molar-refractivity contribution in [1.29, 1.82) is 0 Å². The van der Waals surface area contributed by atoms with Gasteiger partial charge in [-0.25, -0.2) is 4.98 Å². The van der Waals surface area contributed by atoms with E-state index in [1.807, 2.05) is 0 Å². The Labute approximate surface area is 100 Å². The highest BCUT2D eigenvalue weighted by Gasteiger charge is 2.15. The molecular weight excluding hydrogens is 253 g/mol. The van der Waals surface area contributed by atoms with Crippen molar-refractivity contribution in [2.24, 2.45) is 0 Å². The van der Waals surface area contributed by atoms with E-state index in [1.54, 1.807) is 29.1 Å². The number of halogens is 2. The van der Waals surface area contributed by atoms with E-state index in [0.717, 1.165) is 0 Å². The van der Waals surface area contributed by atoms with Crippen molar-refractivity contribution < 1.29 is 4.79 Å². The van der Waals surface area contributed by atoms with E-state index in [-0.39, 0.29) is 10.8 Å². The molecule has 0 spiro atoms. The maximum Gasteiger partial charge on any atom is 0.213 e. The van der Waals surface area contributed by atoms with Gasteiger partial charge in [0.2, 0.25) is 5.78 Å². The standard InChI is InChI=1S/C10H5Cl2NOS/c11-7-3-1-2-6(9(7)12)10(14)8-4-15-5-13-8/h1-5H. The van der Waals surface area contributed by atoms with Gasteiger partial charge in [0.1, 0.15) is 5.69 Å². The summed E-state index contributed by atoms with van der Waals surface area (Å²) in [5.74, 6) is -0.205. The van der Waals surface area contributed by atoms with Gasteiger partial charge in [-0.2, -0.15) is 0 Å². The van der Waals surface area contributed by atoms with Gasteiger partial charge >= 0.3 is 0 Å². The lowest BCUT2D eigenvalue weighted by atomic mass is 10.1. The molecule has 0 radical (unpaired) electrons. The number of carbonyl (C=O) groups is 1. The molecule has 0 saturated carbocycles. The number of rotatable bonds is 2. The first kappa shape index (κ1) is 10.6. The Balaban J connectivity index is 2.47. The third-order valence-electron chi connectivity index (χ3n) is 1.86. The highest BCUT2D eigenvalue weighted by atomic mass is 35.5. The Morgan fingerprint density at radius 1 is 1.33 bits per heavy atom. The van der Waals surface area contributed by atoms with Crippen molar-refractivity contribution >= 4 is 40.3 Å². The Hall–Kier alpha value is -0.900. The van der Waals surface area contributed by atoms with Crippen LogP contribution in [-0.4, -0.2) is 10.8 Å². The van der Waals surface area contributed by atoms with E-state index in [1.165, 1.54) is 11.3 Å². The summed E-state index contributed by atoms with van der Waals surface area (Å²) in [4.78, 5) is 15.8. The summed E-state index contributed by atoms with van der Waals surface area (Å²) in [5, 5.41) is 2.33. The van der Waals surface area contributed by atoms with Gasteiger partial charge in [0.25, 0.3) is 0 Å². The lowest BCUT2D eigenvalue weighted by Gasteiger charge is -2.02. The Morgan fingerprint density at radius 2 is 2.13 bits per heavy atom. The predicted octanol–water partition coefficient (Wildman–Crippen LogP) is 3.68. The van der Waals surface area contributed by atoms with Crippen molar-refractivity contribution in [3.05, 3.63) is 50.4 Å². The second-order valence-corrected chi connectivity index (χ2v) is 4.31. The first-order valence-electron chi connectivity index (χ1n) is 4.07. The van der Waals surface area contributed by atoms with Crippen LogP contribution in [0.5, 0.6) is 0 Å². The van der Waals surface area contributed by atoms with Gasteiger partial charge in [-0.05, 0) is 12.1 Å². The number of ketones is 1. The topological polar surface area (TPSA) is 30.0 Å². The molecule has 5 heteroatoms. The highest BCUT2D eigenvalue weighted by molar-refractivity contribution is 7.07. The van der Waals surface area contributed by atoms with E-state index < -0.39 is 0 Å². The van der Waals surface area contributed by atoms with E-state index in [4.69, 9.17) is 23.2 Å². The molecule has 1 heterocycles. The van der Waals surface area contributed by atoms with Crippen molar-refractivity contribution in [3.8, 4) is 0 Å². The van der Waals surface area contributed by atoms with E-state index >= 15 is 0 Å². The molecule has 0 saturated heterocycles. The van der Waals surface area contributed by atoms with Gasteiger partial charge in [-0.3, -0.25) is 4.79 Å². The molecule has 0 unspecified atom stereocenters. The summed E-state index contributed by atoms with van der Waals surface area (Å²) in [7, 11) is 0. The normalized spacial score (nSPS) is 10.3. The van der Waals surface area contributed by atoms with Crippen LogP contribution in [0.4, 0.5) is 0 Å². The summed E-state index contributed by atoms with van der Waals surface area (Å²) in [6.45, 7) is 0. The second-order valence-electron chi connectivity index (χ2n) is 2.80. The molecule has 0 fully saturated rings. The smallest absolute Gasteiger partial charge is 0.213 e. The second kappa shape index (κ2) is 4.31. The van der Waals surface area contributed by atoms with E-state index in [2.05, 4.69) is 4.98 Å². The Kier molecular flexibility index (Phi) is 3.05. The molecule has 15 heavy (non-hydrogen) atoms. The van der Waals surface area contributed by atoms with Crippen molar-refractivity contribution in [3.63, 3.8) is 0 Å². The number of aromatic nitrogens is 1. The zero-order valence-electron chi connectivity index (χ0n) is 7.41. The lowest BCUT2D eigenvalue weighted by molar-refractivity contribution is 0.103. The zero-order chi connectivity index (χ0) is 10.8. The molecule has 0 bridgehead atoms. The molecule has 0 atom stereocenters. The van der Waals surface area contributed by atoms with Gasteiger partial charge < -0.3 is 0 Å². The van der Waals surface area contributed by atoms with Gasteiger partial charge in [0, 0.05) is 10.9 Å². The highest BCUT2D eigenvalue weighted by Crippen LogP contribution is 2.27. The van der Waals surface area contributed by atoms with E-state index in [9.17, 15) is 4.79 Å². The molecule has 0 aliphatic carbocycles. The summed E-state index contributed by atoms with van der Waals surface area (Å²) >= 11 is 13.1. The van der Waals surface area contributed by atoms with Crippen LogP contribution in [0.2, 0.25) is 10.0 Å². The minimum Gasteiger partial charge on any atom is -0.287 e. The number of hydrogen-bond acceptors (Lipinski definition) is 3. The molecule has 0 aliphatic heterocycles. The summed E-state index contributed by atoms with van der Waals surface area (Å²) in [6, 6.07) is 4.96. The van der Waals surface area contributed by atoms with Crippen LogP contribution in [0.1, 0.15) is 16.1 Å². The van der Waals surface area contributed by atoms with Crippen LogP contribution in [-0.2, 0) is 0 Å². The molecule has 2 rings (SSSR count).